The molecule has 3 nitrogen and oxygen atoms in total. The van der Waals surface area contributed by atoms with Crippen LogP contribution in [-0.4, -0.2) is 18.1 Å². The molecule has 0 saturated heterocycles. The molecule has 0 saturated carbocycles. The maximum Gasteiger partial charge on any atom is 0.122 e. The fraction of sp³-hybridized carbons (Fsp3) is 0.312. The normalized spacial score (nSPS) is 13.1. The topological polar surface area (TPSA) is 34.1 Å². The molecule has 98 valence electrons. The molecule has 1 aromatic heterocycles. The smallest absolute Gasteiger partial charge is 0.122 e. The van der Waals surface area contributed by atoms with E-state index >= 15 is 0 Å². The van der Waals surface area contributed by atoms with Crippen molar-refractivity contribution in [3.05, 3.63) is 59.4 Å². The van der Waals surface area contributed by atoms with Gasteiger partial charge in [0, 0.05) is 25.4 Å². The standard InChI is InChI=1S/C16H18N2O/c1-2-16-15(6-10-19-16)11-14(1)12-18-9-5-13-3-7-17-8-4-13/h1-4,7-8,11,18H,5-6,9-10,12H2. The number of nitrogens with zero attached hydrogens (tertiary/aromatic N) is 1. The van der Waals surface area contributed by atoms with Crippen LogP contribution in [0, 0.1) is 0 Å². The third-order valence-corrected chi connectivity index (χ3v) is 3.42. The molecular formula is C16H18N2O. The van der Waals surface area contributed by atoms with E-state index in [1.54, 1.807) is 0 Å². The van der Waals surface area contributed by atoms with Gasteiger partial charge in [0.2, 0.25) is 0 Å². The molecule has 1 aliphatic heterocycles. The van der Waals surface area contributed by atoms with Crippen LogP contribution in [0.25, 0.3) is 0 Å². The Morgan fingerprint density at radius 3 is 2.89 bits per heavy atom. The van der Waals surface area contributed by atoms with Crippen LogP contribution < -0.4 is 10.1 Å². The first kappa shape index (κ1) is 12.2. The molecule has 0 atom stereocenters. The molecule has 0 spiro atoms. The van der Waals surface area contributed by atoms with Crippen LogP contribution in [0.5, 0.6) is 5.75 Å². The molecule has 3 rings (SSSR count). The van der Waals surface area contributed by atoms with Gasteiger partial charge in [-0.1, -0.05) is 12.1 Å². The summed E-state index contributed by atoms with van der Waals surface area (Å²) >= 11 is 0. The fourth-order valence-corrected chi connectivity index (χ4v) is 2.36. The molecule has 0 unspecified atom stereocenters. The van der Waals surface area contributed by atoms with Crippen LogP contribution in [0.1, 0.15) is 16.7 Å². The maximum atomic E-state index is 5.51. The Bertz CT molecular complexity index is 540. The maximum absolute atomic E-state index is 5.51. The molecule has 1 aromatic carbocycles. The predicted molar refractivity (Wildman–Crippen MR) is 75.3 cm³/mol. The summed E-state index contributed by atoms with van der Waals surface area (Å²) in [6, 6.07) is 10.6. The van der Waals surface area contributed by atoms with Gasteiger partial charge in [0.25, 0.3) is 0 Å². The number of fused-ring (bicyclic) bond motifs is 1. The summed E-state index contributed by atoms with van der Waals surface area (Å²) in [5.41, 5.74) is 4.00. The fourth-order valence-electron chi connectivity index (χ4n) is 2.36. The Morgan fingerprint density at radius 1 is 1.11 bits per heavy atom. The molecule has 3 heteroatoms. The highest BCUT2D eigenvalue weighted by Crippen LogP contribution is 2.25. The third kappa shape index (κ3) is 3.12. The van der Waals surface area contributed by atoms with Gasteiger partial charge in [0.05, 0.1) is 6.61 Å². The van der Waals surface area contributed by atoms with E-state index in [1.807, 2.05) is 12.4 Å². The van der Waals surface area contributed by atoms with E-state index < -0.39 is 0 Å². The number of aromatic nitrogens is 1. The monoisotopic (exact) mass is 254 g/mol. The number of nitrogens with one attached hydrogen (secondary N) is 1. The minimum atomic E-state index is 0.828. The van der Waals surface area contributed by atoms with Gasteiger partial charge in [-0.25, -0.2) is 0 Å². The lowest BCUT2D eigenvalue weighted by molar-refractivity contribution is 0.357. The lowest BCUT2D eigenvalue weighted by Gasteiger charge is -2.06. The molecule has 0 amide bonds. The van der Waals surface area contributed by atoms with Crippen molar-refractivity contribution in [3.8, 4) is 5.75 Å². The van der Waals surface area contributed by atoms with Crippen LogP contribution in [-0.2, 0) is 19.4 Å². The summed E-state index contributed by atoms with van der Waals surface area (Å²) < 4.78 is 5.51. The Hall–Kier alpha value is -1.87. The minimum absolute atomic E-state index is 0.828. The lowest BCUT2D eigenvalue weighted by Crippen LogP contribution is -2.16. The molecule has 0 fully saturated rings. The zero-order chi connectivity index (χ0) is 12.9. The minimum Gasteiger partial charge on any atom is -0.493 e. The van der Waals surface area contributed by atoms with Crippen LogP contribution in [0.3, 0.4) is 0 Å². The van der Waals surface area contributed by atoms with E-state index in [4.69, 9.17) is 4.74 Å². The highest BCUT2D eigenvalue weighted by atomic mass is 16.5. The average Bonchev–Trinajstić information content (AvgIpc) is 2.92. The number of ether oxygens (including phenoxy) is 1. The van der Waals surface area contributed by atoms with Crippen molar-refractivity contribution in [3.63, 3.8) is 0 Å². The van der Waals surface area contributed by atoms with Crippen molar-refractivity contribution in [2.45, 2.75) is 19.4 Å². The predicted octanol–water partition coefficient (Wildman–Crippen LogP) is 2.35. The van der Waals surface area contributed by atoms with Crippen LogP contribution in [0.2, 0.25) is 0 Å². The number of pyridine rings is 1. The molecule has 0 bridgehead atoms. The highest BCUT2D eigenvalue weighted by molar-refractivity contribution is 5.39. The van der Waals surface area contributed by atoms with Crippen molar-refractivity contribution >= 4 is 0 Å². The van der Waals surface area contributed by atoms with Crippen molar-refractivity contribution in [1.82, 2.24) is 10.3 Å². The van der Waals surface area contributed by atoms with Crippen molar-refractivity contribution < 1.29 is 4.74 Å². The van der Waals surface area contributed by atoms with E-state index in [-0.39, 0.29) is 0 Å². The largest absolute Gasteiger partial charge is 0.493 e. The van der Waals surface area contributed by atoms with Gasteiger partial charge in [0.15, 0.2) is 0 Å². The third-order valence-electron chi connectivity index (χ3n) is 3.42. The Balaban J connectivity index is 1.48. The molecule has 0 radical (unpaired) electrons. The Morgan fingerprint density at radius 2 is 2.00 bits per heavy atom. The van der Waals surface area contributed by atoms with Gasteiger partial charge in [-0.05, 0) is 47.9 Å². The van der Waals surface area contributed by atoms with Crippen molar-refractivity contribution in [2.75, 3.05) is 13.2 Å². The summed E-state index contributed by atoms with van der Waals surface area (Å²) in [6.45, 7) is 2.73. The second-order valence-corrected chi connectivity index (χ2v) is 4.82. The summed E-state index contributed by atoms with van der Waals surface area (Å²) in [7, 11) is 0. The summed E-state index contributed by atoms with van der Waals surface area (Å²) in [4.78, 5) is 4.02. The van der Waals surface area contributed by atoms with E-state index in [1.165, 1.54) is 16.7 Å². The van der Waals surface area contributed by atoms with Gasteiger partial charge in [-0.3, -0.25) is 4.98 Å². The van der Waals surface area contributed by atoms with E-state index in [9.17, 15) is 0 Å². The molecule has 19 heavy (non-hydrogen) atoms. The molecule has 2 heterocycles. The molecule has 1 aliphatic rings. The van der Waals surface area contributed by atoms with Crippen LogP contribution >= 0.6 is 0 Å². The average molecular weight is 254 g/mol. The summed E-state index contributed by atoms with van der Waals surface area (Å²) in [6.07, 6.45) is 5.77. The number of benzene rings is 1. The quantitative estimate of drug-likeness (QED) is 0.832. The van der Waals surface area contributed by atoms with Gasteiger partial charge in [-0.2, -0.15) is 0 Å². The second-order valence-electron chi connectivity index (χ2n) is 4.82. The van der Waals surface area contributed by atoms with Gasteiger partial charge >= 0.3 is 0 Å². The Labute approximate surface area is 113 Å². The van der Waals surface area contributed by atoms with E-state index in [0.717, 1.165) is 38.3 Å². The zero-order valence-electron chi connectivity index (χ0n) is 10.9. The van der Waals surface area contributed by atoms with Gasteiger partial charge in [-0.15, -0.1) is 0 Å². The highest BCUT2D eigenvalue weighted by Gasteiger charge is 2.11. The zero-order valence-corrected chi connectivity index (χ0v) is 10.9. The van der Waals surface area contributed by atoms with E-state index in [2.05, 4.69) is 40.6 Å². The number of rotatable bonds is 5. The second kappa shape index (κ2) is 5.85. The Kier molecular flexibility index (Phi) is 3.75. The summed E-state index contributed by atoms with van der Waals surface area (Å²) in [5.74, 6) is 1.06. The first-order valence-corrected chi connectivity index (χ1v) is 6.76. The molecule has 0 aliphatic carbocycles. The van der Waals surface area contributed by atoms with Crippen LogP contribution in [0.15, 0.2) is 42.7 Å². The van der Waals surface area contributed by atoms with Crippen molar-refractivity contribution in [2.24, 2.45) is 0 Å². The summed E-state index contributed by atoms with van der Waals surface area (Å²) in [5, 5.41) is 3.48. The van der Waals surface area contributed by atoms with Gasteiger partial charge in [0.1, 0.15) is 5.75 Å². The first-order valence-electron chi connectivity index (χ1n) is 6.76. The molecule has 2 aromatic rings. The van der Waals surface area contributed by atoms with E-state index in [0.29, 0.717) is 0 Å². The first-order chi connectivity index (χ1) is 9.42. The SMILES string of the molecule is c1cc(CCNCc2ccc3c(c2)CCO3)ccn1. The van der Waals surface area contributed by atoms with Crippen molar-refractivity contribution in [1.29, 1.82) is 0 Å². The number of hydrogen-bond acceptors (Lipinski definition) is 3. The molecule has 1 N–H and O–H groups in total. The van der Waals surface area contributed by atoms with Gasteiger partial charge < -0.3 is 10.1 Å². The van der Waals surface area contributed by atoms with Crippen LogP contribution in [0.4, 0.5) is 0 Å². The lowest BCUT2D eigenvalue weighted by atomic mass is 10.1. The number of hydrogen-bond donors (Lipinski definition) is 1. The molecular weight excluding hydrogens is 236 g/mol.